The van der Waals surface area contributed by atoms with Crippen LogP contribution in [0.25, 0.3) is 10.8 Å². The van der Waals surface area contributed by atoms with Crippen LogP contribution in [0.15, 0.2) is 42.5 Å². The number of aliphatic hydroxyl groups is 1. The molecule has 1 heterocycles. The minimum atomic E-state index is -0.286. The number of benzene rings is 2. The van der Waals surface area contributed by atoms with Crippen LogP contribution >= 0.6 is 0 Å². The fourth-order valence-electron chi connectivity index (χ4n) is 2.79. The van der Waals surface area contributed by atoms with Gasteiger partial charge in [0.25, 0.3) is 0 Å². The van der Waals surface area contributed by atoms with E-state index in [-0.39, 0.29) is 6.10 Å². The normalized spacial score (nSPS) is 18.6. The Labute approximate surface area is 118 Å². The maximum Gasteiger partial charge on any atom is 0.138 e. The van der Waals surface area contributed by atoms with E-state index in [1.165, 1.54) is 41.5 Å². The van der Waals surface area contributed by atoms with Crippen LogP contribution in [0.1, 0.15) is 30.9 Å². The van der Waals surface area contributed by atoms with Gasteiger partial charge in [-0.05, 0) is 52.6 Å². The molecular weight excluding hydrogens is 252 g/mol. The second-order valence-electron chi connectivity index (χ2n) is 5.37. The molecular formula is C17H21OS+. The summed E-state index contributed by atoms with van der Waals surface area (Å²) in [5, 5.41) is 12.9. The van der Waals surface area contributed by atoms with Gasteiger partial charge in [0, 0.05) is 0 Å². The zero-order chi connectivity index (χ0) is 13.1. The molecule has 0 spiro atoms. The highest BCUT2D eigenvalue weighted by molar-refractivity contribution is 7.96. The van der Waals surface area contributed by atoms with Crippen molar-refractivity contribution in [3.8, 4) is 0 Å². The van der Waals surface area contributed by atoms with Crippen molar-refractivity contribution in [3.63, 3.8) is 0 Å². The second-order valence-corrected chi connectivity index (χ2v) is 7.74. The van der Waals surface area contributed by atoms with E-state index in [1.54, 1.807) is 0 Å². The lowest BCUT2D eigenvalue weighted by Gasteiger charge is -2.17. The zero-order valence-electron chi connectivity index (χ0n) is 11.2. The Morgan fingerprint density at radius 2 is 1.68 bits per heavy atom. The van der Waals surface area contributed by atoms with E-state index < -0.39 is 0 Å². The van der Waals surface area contributed by atoms with Crippen molar-refractivity contribution in [2.45, 2.75) is 25.4 Å². The third-order valence-electron chi connectivity index (χ3n) is 3.92. The molecule has 0 bridgehead atoms. The van der Waals surface area contributed by atoms with Gasteiger partial charge < -0.3 is 5.11 Å². The highest BCUT2D eigenvalue weighted by atomic mass is 32.2. The first-order valence-electron chi connectivity index (χ1n) is 7.14. The van der Waals surface area contributed by atoms with E-state index in [9.17, 15) is 5.11 Å². The van der Waals surface area contributed by atoms with Gasteiger partial charge >= 0.3 is 0 Å². The Kier molecular flexibility index (Phi) is 4.09. The van der Waals surface area contributed by atoms with Crippen molar-refractivity contribution in [3.05, 3.63) is 48.0 Å². The maximum absolute atomic E-state index is 10.4. The molecule has 2 aromatic rings. The molecule has 0 saturated carbocycles. The predicted molar refractivity (Wildman–Crippen MR) is 84.7 cm³/mol. The number of hydrogen-bond donors (Lipinski definition) is 1. The van der Waals surface area contributed by atoms with Crippen LogP contribution in [0.2, 0.25) is 0 Å². The largest absolute Gasteiger partial charge is 0.383 e. The number of fused-ring (bicyclic) bond motifs is 1. The van der Waals surface area contributed by atoms with Crippen molar-refractivity contribution >= 4 is 21.7 Å². The van der Waals surface area contributed by atoms with Crippen LogP contribution in [0.5, 0.6) is 0 Å². The highest BCUT2D eigenvalue weighted by Gasteiger charge is 2.25. The molecule has 100 valence electrons. The Bertz CT molecular complexity index is 546. The average Bonchev–Trinajstić information content (AvgIpc) is 2.48. The van der Waals surface area contributed by atoms with E-state index in [4.69, 9.17) is 0 Å². The number of hydrogen-bond acceptors (Lipinski definition) is 1. The molecule has 1 fully saturated rings. The molecule has 1 N–H and O–H groups in total. The summed E-state index contributed by atoms with van der Waals surface area (Å²) in [7, 11) is 0.441. The molecule has 1 nitrogen and oxygen atoms in total. The highest BCUT2D eigenvalue weighted by Crippen LogP contribution is 2.24. The summed E-state index contributed by atoms with van der Waals surface area (Å²) in [5.41, 5.74) is 1.08. The summed E-state index contributed by atoms with van der Waals surface area (Å²) in [5.74, 6) is 3.60. The van der Waals surface area contributed by atoms with Gasteiger partial charge in [-0.1, -0.05) is 36.4 Å². The van der Waals surface area contributed by atoms with Gasteiger partial charge in [-0.25, -0.2) is 0 Å². The van der Waals surface area contributed by atoms with Gasteiger partial charge in [0.1, 0.15) is 23.4 Å². The minimum Gasteiger partial charge on any atom is -0.383 e. The Morgan fingerprint density at radius 1 is 0.947 bits per heavy atom. The topological polar surface area (TPSA) is 20.2 Å². The van der Waals surface area contributed by atoms with Crippen LogP contribution in [-0.2, 0) is 10.9 Å². The summed E-state index contributed by atoms with van der Waals surface area (Å²) < 4.78 is 0. The molecule has 0 aromatic heterocycles. The smallest absolute Gasteiger partial charge is 0.138 e. The molecule has 0 aliphatic carbocycles. The van der Waals surface area contributed by atoms with Crippen LogP contribution in [-0.4, -0.2) is 22.4 Å². The van der Waals surface area contributed by atoms with E-state index in [1.807, 2.05) is 0 Å². The van der Waals surface area contributed by atoms with Gasteiger partial charge in [-0.15, -0.1) is 0 Å². The van der Waals surface area contributed by atoms with Crippen molar-refractivity contribution < 1.29 is 5.11 Å². The summed E-state index contributed by atoms with van der Waals surface area (Å²) >= 11 is 0. The molecule has 2 heteroatoms. The Morgan fingerprint density at radius 3 is 2.47 bits per heavy atom. The van der Waals surface area contributed by atoms with E-state index >= 15 is 0 Å². The SMILES string of the molecule is OC(C[S+]1CCCCC1)c1ccc2ccccc2c1. The number of rotatable bonds is 3. The van der Waals surface area contributed by atoms with Gasteiger partial charge in [0.15, 0.2) is 0 Å². The first-order valence-corrected chi connectivity index (χ1v) is 8.87. The summed E-state index contributed by atoms with van der Waals surface area (Å²) in [4.78, 5) is 0. The molecule has 1 unspecified atom stereocenters. The molecule has 3 rings (SSSR count). The van der Waals surface area contributed by atoms with Gasteiger partial charge in [-0.2, -0.15) is 0 Å². The fourth-order valence-corrected chi connectivity index (χ4v) is 5.19. The standard InChI is InChI=1S/C17H21OS/c18-17(13-19-10-4-1-5-11-19)16-9-8-14-6-2-3-7-15(14)12-16/h2-3,6-9,12,17-18H,1,4-5,10-11,13H2/q+1. The van der Waals surface area contributed by atoms with Gasteiger partial charge in [0.05, 0.1) is 0 Å². The van der Waals surface area contributed by atoms with Crippen LogP contribution in [0, 0.1) is 0 Å². The summed E-state index contributed by atoms with van der Waals surface area (Å²) in [6.45, 7) is 0. The van der Waals surface area contributed by atoms with Crippen LogP contribution in [0.4, 0.5) is 0 Å². The number of aliphatic hydroxyl groups excluding tert-OH is 1. The summed E-state index contributed by atoms with van der Waals surface area (Å²) in [6, 6.07) is 14.7. The first-order chi connectivity index (χ1) is 9.33. The Hall–Kier alpha value is -0.990. The Balaban J connectivity index is 1.75. The van der Waals surface area contributed by atoms with Crippen molar-refractivity contribution in [2.24, 2.45) is 0 Å². The van der Waals surface area contributed by atoms with Crippen molar-refractivity contribution in [1.29, 1.82) is 0 Å². The van der Waals surface area contributed by atoms with E-state index in [0.29, 0.717) is 10.9 Å². The summed E-state index contributed by atoms with van der Waals surface area (Å²) in [6.07, 6.45) is 3.81. The first kappa shape index (κ1) is 13.0. The van der Waals surface area contributed by atoms with Gasteiger partial charge in [-0.3, -0.25) is 0 Å². The minimum absolute atomic E-state index is 0.286. The second kappa shape index (κ2) is 5.98. The van der Waals surface area contributed by atoms with E-state index in [0.717, 1.165) is 11.3 Å². The molecule has 0 amide bonds. The van der Waals surface area contributed by atoms with Crippen molar-refractivity contribution in [1.82, 2.24) is 0 Å². The quantitative estimate of drug-likeness (QED) is 0.846. The lowest BCUT2D eigenvalue weighted by Crippen LogP contribution is -2.24. The molecule has 1 aliphatic rings. The molecule has 1 aliphatic heterocycles. The molecule has 2 aromatic carbocycles. The molecule has 1 atom stereocenters. The monoisotopic (exact) mass is 273 g/mol. The van der Waals surface area contributed by atoms with Crippen molar-refractivity contribution in [2.75, 3.05) is 17.3 Å². The van der Waals surface area contributed by atoms with Crippen LogP contribution < -0.4 is 0 Å². The fraction of sp³-hybridized carbons (Fsp3) is 0.412. The molecule has 0 radical (unpaired) electrons. The lowest BCUT2D eigenvalue weighted by molar-refractivity contribution is 0.203. The maximum atomic E-state index is 10.4. The third-order valence-corrected chi connectivity index (χ3v) is 6.44. The third kappa shape index (κ3) is 3.13. The van der Waals surface area contributed by atoms with Gasteiger partial charge in [0.2, 0.25) is 0 Å². The lowest BCUT2D eigenvalue weighted by atomic mass is 10.0. The predicted octanol–water partition coefficient (Wildman–Crippen LogP) is 3.68. The zero-order valence-corrected chi connectivity index (χ0v) is 12.0. The van der Waals surface area contributed by atoms with Crippen LogP contribution in [0.3, 0.4) is 0 Å². The molecule has 19 heavy (non-hydrogen) atoms. The molecule has 1 saturated heterocycles. The average molecular weight is 273 g/mol. The van der Waals surface area contributed by atoms with E-state index in [2.05, 4.69) is 42.5 Å².